The van der Waals surface area contributed by atoms with Gasteiger partial charge in [0, 0.05) is 15.6 Å². The van der Waals surface area contributed by atoms with Gasteiger partial charge in [0.05, 0.1) is 22.2 Å². The summed E-state index contributed by atoms with van der Waals surface area (Å²) in [4.78, 5) is 23.9. The van der Waals surface area contributed by atoms with Crippen molar-refractivity contribution in [2.45, 2.75) is 13.3 Å². The average molecular weight is 421 g/mol. The second-order valence-electron chi connectivity index (χ2n) is 5.14. The van der Waals surface area contributed by atoms with E-state index in [-0.39, 0.29) is 17.1 Å². The molecule has 0 bridgehead atoms. The van der Waals surface area contributed by atoms with Gasteiger partial charge in [0.2, 0.25) is 0 Å². The fraction of sp³-hybridized carbons (Fsp3) is 0.176. The predicted octanol–water partition coefficient (Wildman–Crippen LogP) is 5.33. The van der Waals surface area contributed by atoms with Crippen molar-refractivity contribution in [3.63, 3.8) is 0 Å². The lowest BCUT2D eigenvalue weighted by molar-refractivity contribution is -0.146. The van der Waals surface area contributed by atoms with E-state index < -0.39 is 18.5 Å². The van der Waals surface area contributed by atoms with Crippen molar-refractivity contribution in [1.82, 2.24) is 0 Å². The molecule has 0 aliphatic rings. The van der Waals surface area contributed by atoms with Crippen molar-refractivity contribution >= 4 is 64.0 Å². The van der Waals surface area contributed by atoms with E-state index >= 15 is 0 Å². The molecule has 2 rings (SSSR count). The Bertz CT molecular complexity index is 804. The number of carbonyl (C=O) groups excluding carboxylic acids is 2. The fourth-order valence-corrected chi connectivity index (χ4v) is 2.99. The van der Waals surface area contributed by atoms with Crippen molar-refractivity contribution in [3.8, 4) is 0 Å². The molecule has 25 heavy (non-hydrogen) atoms. The summed E-state index contributed by atoms with van der Waals surface area (Å²) in [5.41, 5.74) is 1.48. The van der Waals surface area contributed by atoms with Gasteiger partial charge in [-0.05, 0) is 30.7 Å². The van der Waals surface area contributed by atoms with Gasteiger partial charge < -0.3 is 10.1 Å². The van der Waals surface area contributed by atoms with Crippen molar-refractivity contribution in [3.05, 3.63) is 61.5 Å². The van der Waals surface area contributed by atoms with Crippen LogP contribution in [0.5, 0.6) is 0 Å². The topological polar surface area (TPSA) is 55.4 Å². The van der Waals surface area contributed by atoms with Gasteiger partial charge in [-0.25, -0.2) is 0 Å². The summed E-state index contributed by atoms with van der Waals surface area (Å²) in [6.45, 7) is 1.29. The Hall–Kier alpha value is -1.46. The van der Waals surface area contributed by atoms with Crippen LogP contribution in [0.2, 0.25) is 20.1 Å². The van der Waals surface area contributed by atoms with Gasteiger partial charge >= 0.3 is 5.97 Å². The predicted molar refractivity (Wildman–Crippen MR) is 101 cm³/mol. The van der Waals surface area contributed by atoms with E-state index in [2.05, 4.69) is 5.32 Å². The van der Waals surface area contributed by atoms with Crippen LogP contribution in [-0.4, -0.2) is 18.5 Å². The monoisotopic (exact) mass is 419 g/mol. The maximum absolute atomic E-state index is 12.0. The number of ether oxygens (including phenoxy) is 1. The summed E-state index contributed by atoms with van der Waals surface area (Å²) in [5.74, 6) is -1.19. The molecular formula is C17H13Cl4NO3. The van der Waals surface area contributed by atoms with Gasteiger partial charge in [-0.2, -0.15) is 0 Å². The first-order valence-electron chi connectivity index (χ1n) is 7.12. The number of hydrogen-bond donors (Lipinski definition) is 1. The number of benzene rings is 2. The maximum Gasteiger partial charge on any atom is 0.310 e. The molecule has 0 heterocycles. The summed E-state index contributed by atoms with van der Waals surface area (Å²) >= 11 is 24.1. The zero-order valence-electron chi connectivity index (χ0n) is 13.0. The highest BCUT2D eigenvalue weighted by molar-refractivity contribution is 6.40. The van der Waals surface area contributed by atoms with Gasteiger partial charge in [-0.15, -0.1) is 0 Å². The Morgan fingerprint density at radius 3 is 2.28 bits per heavy atom. The van der Waals surface area contributed by atoms with Gasteiger partial charge in [0.25, 0.3) is 5.91 Å². The van der Waals surface area contributed by atoms with Crippen molar-refractivity contribution < 1.29 is 14.3 Å². The molecule has 0 aliphatic carbocycles. The van der Waals surface area contributed by atoms with Crippen LogP contribution in [0.15, 0.2) is 30.3 Å². The number of hydrogen-bond acceptors (Lipinski definition) is 3. The Morgan fingerprint density at radius 1 is 1.00 bits per heavy atom. The maximum atomic E-state index is 12.0. The molecule has 0 aromatic heterocycles. The molecule has 0 unspecified atom stereocenters. The van der Waals surface area contributed by atoms with Crippen LogP contribution in [0, 0.1) is 6.92 Å². The lowest BCUT2D eigenvalue weighted by Gasteiger charge is -2.11. The molecule has 4 nitrogen and oxygen atoms in total. The molecule has 0 saturated carbocycles. The third-order valence-electron chi connectivity index (χ3n) is 3.30. The van der Waals surface area contributed by atoms with E-state index in [0.717, 1.165) is 5.56 Å². The number of anilines is 1. The molecule has 2 aromatic rings. The minimum atomic E-state index is -0.633. The van der Waals surface area contributed by atoms with Crippen molar-refractivity contribution in [2.75, 3.05) is 11.9 Å². The summed E-state index contributed by atoms with van der Waals surface area (Å²) in [5, 5.41) is 3.86. The molecule has 0 fully saturated rings. The number of nitrogens with one attached hydrogen (secondary N) is 1. The van der Waals surface area contributed by atoms with E-state index in [4.69, 9.17) is 51.1 Å². The summed E-state index contributed by atoms with van der Waals surface area (Å²) in [6, 6.07) is 8.24. The summed E-state index contributed by atoms with van der Waals surface area (Å²) < 4.78 is 4.95. The third-order valence-corrected chi connectivity index (χ3v) is 4.81. The van der Waals surface area contributed by atoms with Gasteiger partial charge in [0.15, 0.2) is 6.61 Å². The van der Waals surface area contributed by atoms with Gasteiger partial charge in [0.1, 0.15) is 0 Å². The molecule has 0 spiro atoms. The first kappa shape index (κ1) is 19.9. The molecule has 1 N–H and O–H groups in total. The number of rotatable bonds is 5. The molecule has 1 amide bonds. The lowest BCUT2D eigenvalue weighted by Crippen LogP contribution is -2.22. The van der Waals surface area contributed by atoms with Crippen LogP contribution in [-0.2, 0) is 20.7 Å². The highest BCUT2D eigenvalue weighted by Gasteiger charge is 2.15. The van der Waals surface area contributed by atoms with Gasteiger partial charge in [-0.3, -0.25) is 9.59 Å². The van der Waals surface area contributed by atoms with Crippen LogP contribution in [0.25, 0.3) is 0 Å². The lowest BCUT2D eigenvalue weighted by atomic mass is 10.1. The quantitative estimate of drug-likeness (QED) is 0.664. The van der Waals surface area contributed by atoms with Crippen LogP contribution in [0.3, 0.4) is 0 Å². The Kier molecular flexibility index (Phi) is 6.96. The summed E-state index contributed by atoms with van der Waals surface area (Å²) in [6.07, 6.45) is -0.141. The minimum Gasteiger partial charge on any atom is -0.455 e. The first-order chi connectivity index (χ1) is 11.8. The molecular weight excluding hydrogens is 408 g/mol. The second kappa shape index (κ2) is 8.77. The first-order valence-corrected chi connectivity index (χ1v) is 8.63. The highest BCUT2D eigenvalue weighted by atomic mass is 35.5. The third kappa shape index (κ3) is 5.25. The standard InChI is InChI=1S/C17H13Cl4NO3/c1-9-5-6-13(20)17(16(9)21)22-14(23)8-25-15(24)7-10-11(18)3-2-4-12(10)19/h2-6H,7-8H2,1H3,(H,22,23). The molecule has 0 atom stereocenters. The van der Waals surface area contributed by atoms with E-state index in [0.29, 0.717) is 20.6 Å². The molecule has 0 aliphatic heterocycles. The zero-order valence-corrected chi connectivity index (χ0v) is 16.1. The second-order valence-corrected chi connectivity index (χ2v) is 6.74. The Morgan fingerprint density at radius 2 is 1.64 bits per heavy atom. The molecule has 0 radical (unpaired) electrons. The average Bonchev–Trinajstić information content (AvgIpc) is 2.57. The SMILES string of the molecule is Cc1ccc(Cl)c(NC(=O)COC(=O)Cc2c(Cl)cccc2Cl)c1Cl. The van der Waals surface area contributed by atoms with Crippen LogP contribution in [0.4, 0.5) is 5.69 Å². The summed E-state index contributed by atoms with van der Waals surface area (Å²) in [7, 11) is 0. The smallest absolute Gasteiger partial charge is 0.310 e. The highest BCUT2D eigenvalue weighted by Crippen LogP contribution is 2.32. The number of halogens is 4. The molecule has 0 saturated heterocycles. The largest absolute Gasteiger partial charge is 0.455 e. The van der Waals surface area contributed by atoms with Gasteiger partial charge in [-0.1, -0.05) is 58.5 Å². The van der Waals surface area contributed by atoms with E-state index in [1.807, 2.05) is 0 Å². The minimum absolute atomic E-state index is 0.141. The van der Waals surface area contributed by atoms with E-state index in [1.165, 1.54) is 0 Å². The molecule has 2 aromatic carbocycles. The van der Waals surface area contributed by atoms with Crippen molar-refractivity contribution in [1.29, 1.82) is 0 Å². The molecule has 8 heteroatoms. The molecule has 132 valence electrons. The normalized spacial score (nSPS) is 10.4. The van der Waals surface area contributed by atoms with Crippen LogP contribution < -0.4 is 5.32 Å². The van der Waals surface area contributed by atoms with Crippen LogP contribution >= 0.6 is 46.4 Å². The number of amides is 1. The van der Waals surface area contributed by atoms with Crippen molar-refractivity contribution in [2.24, 2.45) is 0 Å². The number of aryl methyl sites for hydroxylation is 1. The zero-order chi connectivity index (χ0) is 18.6. The number of esters is 1. The number of carbonyl (C=O) groups is 2. The Labute approximate surface area is 165 Å². The van der Waals surface area contributed by atoms with E-state index in [1.54, 1.807) is 37.3 Å². The fourth-order valence-electron chi connectivity index (χ4n) is 1.99. The Balaban J connectivity index is 1.94. The van der Waals surface area contributed by atoms with E-state index in [9.17, 15) is 9.59 Å². The van der Waals surface area contributed by atoms with Crippen LogP contribution in [0.1, 0.15) is 11.1 Å².